The maximum absolute atomic E-state index is 12.1. The summed E-state index contributed by atoms with van der Waals surface area (Å²) in [6.07, 6.45) is 1.36. The lowest BCUT2D eigenvalue weighted by Gasteiger charge is -2.15. The van der Waals surface area contributed by atoms with Gasteiger partial charge in [-0.3, -0.25) is 4.79 Å². The molecule has 1 fully saturated rings. The average molecular weight is 435 g/mol. The molecule has 1 aromatic carbocycles. The van der Waals surface area contributed by atoms with E-state index in [0.29, 0.717) is 52.3 Å². The SMILES string of the molecule is CCOC(=O)C=C1SCC(=O)N1CCSc1nnc(-c2ccc3c(c2)OCO3)o1. The fraction of sp³-hybridized carbons (Fsp3) is 0.333. The first-order valence-electron chi connectivity index (χ1n) is 8.82. The molecule has 0 bridgehead atoms. The van der Waals surface area contributed by atoms with Gasteiger partial charge in [-0.2, -0.15) is 0 Å². The Hall–Kier alpha value is -2.66. The number of thioether (sulfide) groups is 2. The molecule has 0 radical (unpaired) electrons. The van der Waals surface area contributed by atoms with E-state index in [2.05, 4.69) is 10.2 Å². The van der Waals surface area contributed by atoms with Crippen molar-refractivity contribution in [1.82, 2.24) is 15.1 Å². The molecule has 29 heavy (non-hydrogen) atoms. The molecule has 1 saturated heterocycles. The van der Waals surface area contributed by atoms with Crippen LogP contribution in [0, 0.1) is 0 Å². The van der Waals surface area contributed by atoms with Crippen LogP contribution >= 0.6 is 23.5 Å². The first kappa shape index (κ1) is 19.6. The van der Waals surface area contributed by atoms with Crippen LogP contribution in [0.3, 0.4) is 0 Å². The third-order valence-corrected chi connectivity index (χ3v) is 5.83. The van der Waals surface area contributed by atoms with Crippen molar-refractivity contribution < 1.29 is 28.2 Å². The van der Waals surface area contributed by atoms with Crippen molar-refractivity contribution in [3.05, 3.63) is 29.3 Å². The highest BCUT2D eigenvalue weighted by molar-refractivity contribution is 8.04. The zero-order valence-electron chi connectivity index (χ0n) is 15.5. The average Bonchev–Trinajstić information content (AvgIpc) is 3.43. The Kier molecular flexibility index (Phi) is 5.95. The van der Waals surface area contributed by atoms with Crippen LogP contribution in [0.1, 0.15) is 6.92 Å². The van der Waals surface area contributed by atoms with Gasteiger partial charge in [0.05, 0.1) is 23.5 Å². The highest BCUT2D eigenvalue weighted by Gasteiger charge is 2.27. The lowest BCUT2D eigenvalue weighted by Crippen LogP contribution is -2.27. The van der Waals surface area contributed by atoms with Gasteiger partial charge in [0.2, 0.25) is 18.6 Å². The summed E-state index contributed by atoms with van der Waals surface area (Å²) in [6, 6.07) is 5.40. The molecule has 0 atom stereocenters. The number of aromatic nitrogens is 2. The van der Waals surface area contributed by atoms with Gasteiger partial charge in [0.15, 0.2) is 11.5 Å². The van der Waals surface area contributed by atoms with E-state index in [1.54, 1.807) is 24.0 Å². The Morgan fingerprint density at radius 2 is 2.21 bits per heavy atom. The quantitative estimate of drug-likeness (QED) is 0.366. The summed E-state index contributed by atoms with van der Waals surface area (Å²) in [4.78, 5) is 25.3. The molecule has 0 unspecified atom stereocenters. The molecule has 2 aromatic rings. The Bertz CT molecular complexity index is 961. The van der Waals surface area contributed by atoms with Crippen LogP contribution in [0.2, 0.25) is 0 Å². The number of carbonyl (C=O) groups is 2. The van der Waals surface area contributed by atoms with Crippen LogP contribution in [-0.4, -0.2) is 58.4 Å². The second-order valence-corrected chi connectivity index (χ2v) is 7.90. The van der Waals surface area contributed by atoms with Gasteiger partial charge in [0.1, 0.15) is 0 Å². The van der Waals surface area contributed by atoms with Crippen molar-refractivity contribution in [3.8, 4) is 23.0 Å². The molecule has 0 aliphatic carbocycles. The van der Waals surface area contributed by atoms with E-state index in [4.69, 9.17) is 18.6 Å². The van der Waals surface area contributed by atoms with Gasteiger partial charge < -0.3 is 23.5 Å². The van der Waals surface area contributed by atoms with Crippen molar-refractivity contribution in [2.75, 3.05) is 31.5 Å². The van der Waals surface area contributed by atoms with Crippen LogP contribution in [0.4, 0.5) is 0 Å². The van der Waals surface area contributed by atoms with Crippen molar-refractivity contribution in [2.24, 2.45) is 0 Å². The first-order chi connectivity index (χ1) is 14.1. The monoisotopic (exact) mass is 435 g/mol. The lowest BCUT2D eigenvalue weighted by atomic mass is 10.2. The predicted octanol–water partition coefficient (Wildman–Crippen LogP) is 2.54. The van der Waals surface area contributed by atoms with E-state index in [0.717, 1.165) is 5.56 Å². The fourth-order valence-corrected chi connectivity index (χ4v) is 4.33. The van der Waals surface area contributed by atoms with Gasteiger partial charge in [-0.15, -0.1) is 10.2 Å². The Morgan fingerprint density at radius 3 is 3.07 bits per heavy atom. The molecule has 1 amide bonds. The van der Waals surface area contributed by atoms with Gasteiger partial charge in [-0.25, -0.2) is 4.79 Å². The molecular formula is C18H17N3O6S2. The van der Waals surface area contributed by atoms with Gasteiger partial charge in [0, 0.05) is 17.9 Å². The molecule has 2 aliphatic heterocycles. The molecular weight excluding hydrogens is 418 g/mol. The number of fused-ring (bicyclic) bond motifs is 1. The lowest BCUT2D eigenvalue weighted by molar-refractivity contribution is -0.137. The number of esters is 1. The summed E-state index contributed by atoms with van der Waals surface area (Å²) in [5.41, 5.74) is 0.736. The molecule has 3 heterocycles. The van der Waals surface area contributed by atoms with Crippen LogP contribution in [0.25, 0.3) is 11.5 Å². The highest BCUT2D eigenvalue weighted by atomic mass is 32.2. The molecule has 0 spiro atoms. The molecule has 4 rings (SSSR count). The topological polar surface area (TPSA) is 104 Å². The van der Waals surface area contributed by atoms with Crippen LogP contribution < -0.4 is 9.47 Å². The largest absolute Gasteiger partial charge is 0.463 e. The number of hydrogen-bond acceptors (Lipinski definition) is 10. The summed E-state index contributed by atoms with van der Waals surface area (Å²) < 4.78 is 21.3. The minimum atomic E-state index is -0.451. The maximum atomic E-state index is 12.1. The van der Waals surface area contributed by atoms with E-state index in [1.165, 1.54) is 29.6 Å². The predicted molar refractivity (Wildman–Crippen MR) is 105 cm³/mol. The van der Waals surface area contributed by atoms with Gasteiger partial charge in [-0.05, 0) is 25.1 Å². The van der Waals surface area contributed by atoms with Crippen molar-refractivity contribution >= 4 is 35.4 Å². The third-order valence-electron chi connectivity index (χ3n) is 4.00. The number of benzene rings is 1. The van der Waals surface area contributed by atoms with E-state index in [9.17, 15) is 9.59 Å². The van der Waals surface area contributed by atoms with Gasteiger partial charge in [0.25, 0.3) is 5.22 Å². The van der Waals surface area contributed by atoms with E-state index in [-0.39, 0.29) is 12.7 Å². The number of nitrogens with zero attached hydrogens (tertiary/aromatic N) is 3. The smallest absolute Gasteiger partial charge is 0.333 e. The Labute approximate surface area is 174 Å². The van der Waals surface area contributed by atoms with Crippen molar-refractivity contribution in [2.45, 2.75) is 12.1 Å². The molecule has 11 heteroatoms. The van der Waals surface area contributed by atoms with Crippen molar-refractivity contribution in [1.29, 1.82) is 0 Å². The zero-order valence-corrected chi connectivity index (χ0v) is 17.1. The Balaban J connectivity index is 1.35. The highest BCUT2D eigenvalue weighted by Crippen LogP contribution is 2.36. The molecule has 0 N–H and O–H groups in total. The Morgan fingerprint density at radius 1 is 1.34 bits per heavy atom. The minimum Gasteiger partial charge on any atom is -0.463 e. The first-order valence-corrected chi connectivity index (χ1v) is 10.8. The van der Waals surface area contributed by atoms with E-state index >= 15 is 0 Å². The van der Waals surface area contributed by atoms with Gasteiger partial charge >= 0.3 is 5.97 Å². The van der Waals surface area contributed by atoms with Crippen LogP contribution in [0.15, 0.2) is 38.9 Å². The number of amides is 1. The zero-order chi connectivity index (χ0) is 20.2. The number of hydrogen-bond donors (Lipinski definition) is 0. The number of carbonyl (C=O) groups excluding carboxylic acids is 2. The van der Waals surface area contributed by atoms with Crippen LogP contribution in [-0.2, 0) is 14.3 Å². The van der Waals surface area contributed by atoms with E-state index in [1.807, 2.05) is 6.07 Å². The summed E-state index contributed by atoms with van der Waals surface area (Å²) in [5, 5.41) is 9.09. The third kappa shape index (κ3) is 4.51. The number of rotatable bonds is 7. The molecule has 9 nitrogen and oxygen atoms in total. The second kappa shape index (κ2) is 8.78. The minimum absolute atomic E-state index is 0.0438. The molecule has 2 aliphatic rings. The van der Waals surface area contributed by atoms with Gasteiger partial charge in [-0.1, -0.05) is 23.5 Å². The standard InChI is InChI=1S/C18H17N3O6S2/c1-2-24-16(23)8-15-21(14(22)9-29-15)5-6-28-18-20-19-17(27-18)11-3-4-12-13(7-11)26-10-25-12/h3-4,7-8H,2,5-6,9-10H2,1H3. The maximum Gasteiger partial charge on any atom is 0.333 e. The second-order valence-electron chi connectivity index (χ2n) is 5.86. The molecule has 1 aromatic heterocycles. The summed E-state index contributed by atoms with van der Waals surface area (Å²) in [6.45, 7) is 2.65. The summed E-state index contributed by atoms with van der Waals surface area (Å²) >= 11 is 2.66. The molecule has 0 saturated carbocycles. The fourth-order valence-electron chi connectivity index (χ4n) is 2.69. The molecule has 152 valence electrons. The summed E-state index contributed by atoms with van der Waals surface area (Å²) in [5.74, 6) is 2.05. The number of ether oxygens (including phenoxy) is 3. The van der Waals surface area contributed by atoms with E-state index < -0.39 is 5.97 Å². The summed E-state index contributed by atoms with van der Waals surface area (Å²) in [7, 11) is 0. The van der Waals surface area contributed by atoms with Crippen molar-refractivity contribution in [3.63, 3.8) is 0 Å². The normalized spacial score (nSPS) is 16.7. The van der Waals surface area contributed by atoms with Crippen LogP contribution in [0.5, 0.6) is 11.5 Å².